The molecule has 7 rings (SSSR count). The summed E-state index contributed by atoms with van der Waals surface area (Å²) in [6.45, 7) is 1.32. The van der Waals surface area contributed by atoms with E-state index >= 15 is 0 Å². The minimum atomic E-state index is -1.11. The Hall–Kier alpha value is -4.88. The van der Waals surface area contributed by atoms with Crippen molar-refractivity contribution in [2.24, 2.45) is 0 Å². The van der Waals surface area contributed by atoms with E-state index in [1.807, 2.05) is 48.5 Å². The second kappa shape index (κ2) is 15.6. The van der Waals surface area contributed by atoms with Crippen molar-refractivity contribution in [2.75, 3.05) is 20.2 Å². The number of aromatic nitrogens is 3. The molecule has 2 fully saturated rings. The first-order chi connectivity index (χ1) is 25.6. The average molecular weight is 777 g/mol. The van der Waals surface area contributed by atoms with Crippen LogP contribution in [0.5, 0.6) is 5.88 Å². The van der Waals surface area contributed by atoms with Gasteiger partial charge in [0.15, 0.2) is 0 Å². The molecular weight excluding hydrogens is 741 g/mol. The summed E-state index contributed by atoms with van der Waals surface area (Å²) in [7, 11) is 1.48. The van der Waals surface area contributed by atoms with Gasteiger partial charge in [0.1, 0.15) is 5.52 Å². The molecule has 53 heavy (non-hydrogen) atoms. The smallest absolute Gasteiger partial charge is 0.407 e. The minimum absolute atomic E-state index is 0.0294. The summed E-state index contributed by atoms with van der Waals surface area (Å²) in [4.78, 5) is 49.4. The van der Waals surface area contributed by atoms with Crippen LogP contribution in [0.3, 0.4) is 0 Å². The lowest BCUT2D eigenvalue weighted by Crippen LogP contribution is -2.41. The standard InChI is InChI=1S/C38H36Cl3N7O5/c1-53-37-20(18-48(38(51)52)19-22-10-15-32(50)44-22)8-11-28(47-37)26-7-3-5-24(34(26)40)23-4-2-6-25(33(23)39)27-12-13-29-36(46-27)35(41)30(45-29)17-42-16-21-9-14-31(49)43-21/h2-8,11-13,21-22,42,45H,9-10,14-19H2,1H3,(H,43,49)(H,44,50)(H,51,52). The number of nitrogens with one attached hydrogen (secondary N) is 4. The fourth-order valence-electron chi connectivity index (χ4n) is 6.85. The molecule has 15 heteroatoms. The monoisotopic (exact) mass is 775 g/mol. The van der Waals surface area contributed by atoms with Gasteiger partial charge in [-0.25, -0.2) is 14.8 Å². The van der Waals surface area contributed by atoms with Gasteiger partial charge in [-0.05, 0) is 37.1 Å². The van der Waals surface area contributed by atoms with E-state index < -0.39 is 6.09 Å². The molecule has 3 amide bonds. The molecule has 0 radical (unpaired) electrons. The Morgan fingerprint density at radius 1 is 0.849 bits per heavy atom. The van der Waals surface area contributed by atoms with Crippen LogP contribution in [0.25, 0.3) is 44.7 Å². The maximum Gasteiger partial charge on any atom is 0.407 e. The van der Waals surface area contributed by atoms with E-state index in [0.717, 1.165) is 17.6 Å². The molecule has 0 saturated carbocycles. The number of hydrogen-bond acceptors (Lipinski definition) is 7. The molecule has 2 atom stereocenters. The number of pyridine rings is 2. The normalized spacial score (nSPS) is 16.9. The number of halogens is 3. The van der Waals surface area contributed by atoms with Gasteiger partial charge in [-0.2, -0.15) is 0 Å². The number of nitrogens with zero attached hydrogens (tertiary/aromatic N) is 3. The predicted molar refractivity (Wildman–Crippen MR) is 204 cm³/mol. The molecule has 5 N–H and O–H groups in total. The summed E-state index contributed by atoms with van der Waals surface area (Å²) >= 11 is 21.0. The predicted octanol–water partition coefficient (Wildman–Crippen LogP) is 7.05. The second-order valence-corrected chi connectivity index (χ2v) is 14.2. The SMILES string of the molecule is COc1nc(-c2cccc(-c3cccc(-c4ccc5[nH]c(CNCC6CCC(=O)N6)c(Cl)c5n4)c3Cl)c2Cl)ccc1CN(CC1CCC(=O)N1)C(=O)O. The average Bonchev–Trinajstić information content (AvgIpc) is 3.85. The first-order valence-corrected chi connectivity index (χ1v) is 18.3. The number of fused-ring (bicyclic) bond motifs is 1. The first kappa shape index (κ1) is 36.5. The molecular formula is C38H36Cl3N7O5. The molecule has 2 aromatic carbocycles. The van der Waals surface area contributed by atoms with Gasteiger partial charge in [0.25, 0.3) is 0 Å². The van der Waals surface area contributed by atoms with Crippen molar-refractivity contribution in [1.29, 1.82) is 0 Å². The Morgan fingerprint density at radius 3 is 2.06 bits per heavy atom. The number of carbonyl (C=O) groups excluding carboxylic acids is 2. The minimum Gasteiger partial charge on any atom is -0.481 e. The molecule has 274 valence electrons. The van der Waals surface area contributed by atoms with Crippen LogP contribution in [0.4, 0.5) is 4.79 Å². The maximum atomic E-state index is 12.1. The largest absolute Gasteiger partial charge is 0.481 e. The lowest BCUT2D eigenvalue weighted by molar-refractivity contribution is -0.120. The highest BCUT2D eigenvalue weighted by Crippen LogP contribution is 2.42. The summed E-state index contributed by atoms with van der Waals surface area (Å²) < 4.78 is 5.60. The number of hydrogen-bond donors (Lipinski definition) is 5. The van der Waals surface area contributed by atoms with Crippen molar-refractivity contribution < 1.29 is 24.2 Å². The van der Waals surface area contributed by atoms with Crippen molar-refractivity contribution in [3.63, 3.8) is 0 Å². The highest BCUT2D eigenvalue weighted by Gasteiger charge is 2.27. The van der Waals surface area contributed by atoms with Gasteiger partial charge >= 0.3 is 6.09 Å². The molecule has 0 bridgehead atoms. The molecule has 5 aromatic rings. The van der Waals surface area contributed by atoms with Crippen LogP contribution >= 0.6 is 34.8 Å². The van der Waals surface area contributed by atoms with Gasteiger partial charge < -0.3 is 35.7 Å². The lowest BCUT2D eigenvalue weighted by Gasteiger charge is -2.23. The van der Waals surface area contributed by atoms with Crippen molar-refractivity contribution in [3.8, 4) is 39.5 Å². The van der Waals surface area contributed by atoms with E-state index in [2.05, 4.69) is 20.9 Å². The van der Waals surface area contributed by atoms with Crippen molar-refractivity contribution in [1.82, 2.24) is 35.8 Å². The molecule has 12 nitrogen and oxygen atoms in total. The highest BCUT2D eigenvalue weighted by molar-refractivity contribution is 6.39. The van der Waals surface area contributed by atoms with E-state index in [1.54, 1.807) is 12.1 Å². The Labute approximate surface area is 320 Å². The van der Waals surface area contributed by atoms with Crippen LogP contribution < -0.4 is 20.7 Å². The van der Waals surface area contributed by atoms with Crippen LogP contribution in [0.15, 0.2) is 60.7 Å². The van der Waals surface area contributed by atoms with Crippen molar-refractivity contribution in [2.45, 2.75) is 50.9 Å². The van der Waals surface area contributed by atoms with Gasteiger partial charge in [0, 0.05) is 72.4 Å². The zero-order valence-corrected chi connectivity index (χ0v) is 30.9. The molecule has 3 aromatic heterocycles. The maximum absolute atomic E-state index is 12.1. The Kier molecular flexibility index (Phi) is 10.7. The van der Waals surface area contributed by atoms with Crippen LogP contribution in [0.2, 0.25) is 15.1 Å². The van der Waals surface area contributed by atoms with E-state index in [1.165, 1.54) is 12.0 Å². The number of benzene rings is 2. The van der Waals surface area contributed by atoms with Gasteiger partial charge in [0.2, 0.25) is 17.7 Å². The fraction of sp³-hybridized carbons (Fsp3) is 0.289. The van der Waals surface area contributed by atoms with Crippen LogP contribution in [-0.4, -0.2) is 75.1 Å². The van der Waals surface area contributed by atoms with E-state index in [-0.39, 0.29) is 42.9 Å². The number of methoxy groups -OCH3 is 1. The Bertz CT molecular complexity index is 2230. The summed E-state index contributed by atoms with van der Waals surface area (Å²) in [5, 5.41) is 20.4. The van der Waals surface area contributed by atoms with E-state index in [9.17, 15) is 19.5 Å². The molecule has 2 unspecified atom stereocenters. The van der Waals surface area contributed by atoms with E-state index in [4.69, 9.17) is 49.5 Å². The third-order valence-electron chi connectivity index (χ3n) is 9.56. The topological polar surface area (TPSA) is 162 Å². The molecule has 2 aliphatic heterocycles. The molecule has 0 spiro atoms. The van der Waals surface area contributed by atoms with Crippen molar-refractivity contribution in [3.05, 3.63) is 87.0 Å². The third kappa shape index (κ3) is 7.77. The summed E-state index contributed by atoms with van der Waals surface area (Å²) in [5.41, 5.74) is 6.67. The van der Waals surface area contributed by atoms with Crippen molar-refractivity contribution >= 4 is 63.7 Å². The fourth-order valence-corrected chi connectivity index (χ4v) is 7.76. The third-order valence-corrected chi connectivity index (χ3v) is 10.8. The summed E-state index contributed by atoms with van der Waals surface area (Å²) in [5.74, 6) is 0.259. The number of aromatic amines is 1. The number of H-pyrrole nitrogens is 1. The Morgan fingerprint density at radius 2 is 1.45 bits per heavy atom. The number of carboxylic acid groups (broad SMARTS) is 1. The summed E-state index contributed by atoms with van der Waals surface area (Å²) in [6, 6.07) is 18.5. The second-order valence-electron chi connectivity index (χ2n) is 13.1. The van der Waals surface area contributed by atoms with Crippen LogP contribution in [0, 0.1) is 0 Å². The quantitative estimate of drug-likeness (QED) is 0.0901. The van der Waals surface area contributed by atoms with Gasteiger partial charge in [-0.1, -0.05) is 71.2 Å². The molecule has 0 aliphatic carbocycles. The van der Waals surface area contributed by atoms with E-state index in [0.29, 0.717) is 92.1 Å². The highest BCUT2D eigenvalue weighted by atomic mass is 35.5. The molecule has 2 saturated heterocycles. The van der Waals surface area contributed by atoms with Gasteiger partial charge in [0.05, 0.1) is 51.3 Å². The number of carbonyl (C=O) groups is 3. The zero-order valence-electron chi connectivity index (χ0n) is 28.6. The van der Waals surface area contributed by atoms with Crippen LogP contribution in [-0.2, 0) is 22.7 Å². The number of rotatable bonds is 12. The zero-order chi connectivity index (χ0) is 37.2. The molecule has 2 aliphatic rings. The molecule has 5 heterocycles. The van der Waals surface area contributed by atoms with Gasteiger partial charge in [-0.3, -0.25) is 9.59 Å². The Balaban J connectivity index is 1.13. The van der Waals surface area contributed by atoms with Crippen LogP contribution in [0.1, 0.15) is 36.9 Å². The lowest BCUT2D eigenvalue weighted by atomic mass is 9.98. The first-order valence-electron chi connectivity index (χ1n) is 17.2. The summed E-state index contributed by atoms with van der Waals surface area (Å²) in [6.07, 6.45) is 1.21. The van der Waals surface area contributed by atoms with Gasteiger partial charge in [-0.15, -0.1) is 0 Å². The number of amides is 3. The number of ether oxygens (including phenoxy) is 1.